The van der Waals surface area contributed by atoms with E-state index in [1.807, 2.05) is 0 Å². The Labute approximate surface area is 69.4 Å². The standard InChI is InChI=1S/C8H10O4/c1-5-2-3-7(12-5)6(9)4-8(10)11/h2-3,6,9H,4H2,1H3,(H,10,11). The largest absolute Gasteiger partial charge is 0.481 e. The lowest BCUT2D eigenvalue weighted by Gasteiger charge is -2.02. The van der Waals surface area contributed by atoms with Crippen molar-refractivity contribution in [2.75, 3.05) is 0 Å². The van der Waals surface area contributed by atoms with Crippen LogP contribution in [0.15, 0.2) is 16.5 Å². The Balaban J connectivity index is 2.64. The number of hydrogen-bond donors (Lipinski definition) is 2. The number of carboxylic acid groups (broad SMARTS) is 1. The van der Waals surface area contributed by atoms with Gasteiger partial charge in [0.05, 0.1) is 6.42 Å². The van der Waals surface area contributed by atoms with Gasteiger partial charge in [-0.05, 0) is 19.1 Å². The molecule has 4 nitrogen and oxygen atoms in total. The number of aliphatic carboxylic acids is 1. The molecule has 12 heavy (non-hydrogen) atoms. The highest BCUT2D eigenvalue weighted by Crippen LogP contribution is 2.18. The zero-order valence-electron chi connectivity index (χ0n) is 6.65. The molecule has 0 spiro atoms. The molecule has 0 aliphatic carbocycles. The van der Waals surface area contributed by atoms with Crippen LogP contribution in [-0.4, -0.2) is 16.2 Å². The third-order valence-electron chi connectivity index (χ3n) is 1.46. The molecule has 0 amide bonds. The highest BCUT2D eigenvalue weighted by atomic mass is 16.4. The van der Waals surface area contributed by atoms with Crippen molar-refractivity contribution in [1.82, 2.24) is 0 Å². The molecule has 0 bridgehead atoms. The quantitative estimate of drug-likeness (QED) is 0.712. The molecule has 0 saturated carbocycles. The Kier molecular flexibility index (Phi) is 2.50. The maximum Gasteiger partial charge on any atom is 0.306 e. The first kappa shape index (κ1) is 8.80. The minimum Gasteiger partial charge on any atom is -0.481 e. The van der Waals surface area contributed by atoms with E-state index in [4.69, 9.17) is 9.52 Å². The topological polar surface area (TPSA) is 70.7 Å². The number of furan rings is 1. The summed E-state index contributed by atoms with van der Waals surface area (Å²) in [6.45, 7) is 1.73. The molecule has 0 saturated heterocycles. The van der Waals surface area contributed by atoms with Crippen molar-refractivity contribution in [2.45, 2.75) is 19.4 Å². The second kappa shape index (κ2) is 3.40. The van der Waals surface area contributed by atoms with E-state index >= 15 is 0 Å². The maximum atomic E-state index is 10.2. The van der Waals surface area contributed by atoms with Gasteiger partial charge in [0, 0.05) is 0 Å². The lowest BCUT2D eigenvalue weighted by atomic mass is 10.2. The number of rotatable bonds is 3. The van der Waals surface area contributed by atoms with Gasteiger partial charge in [0.25, 0.3) is 0 Å². The summed E-state index contributed by atoms with van der Waals surface area (Å²) in [7, 11) is 0. The van der Waals surface area contributed by atoms with Gasteiger partial charge in [-0.3, -0.25) is 4.79 Å². The monoisotopic (exact) mass is 170 g/mol. The van der Waals surface area contributed by atoms with E-state index in [1.165, 1.54) is 0 Å². The van der Waals surface area contributed by atoms with Gasteiger partial charge in [-0.1, -0.05) is 0 Å². The molecule has 66 valence electrons. The molecule has 2 N–H and O–H groups in total. The molecule has 1 rings (SSSR count). The number of carbonyl (C=O) groups is 1. The summed E-state index contributed by atoms with van der Waals surface area (Å²) in [6, 6.07) is 3.25. The van der Waals surface area contributed by atoms with E-state index in [0.29, 0.717) is 11.5 Å². The fraction of sp³-hybridized carbons (Fsp3) is 0.375. The first-order chi connectivity index (χ1) is 5.59. The molecule has 4 heteroatoms. The van der Waals surface area contributed by atoms with Crippen molar-refractivity contribution in [3.63, 3.8) is 0 Å². The van der Waals surface area contributed by atoms with Crippen molar-refractivity contribution in [2.24, 2.45) is 0 Å². The van der Waals surface area contributed by atoms with Gasteiger partial charge in [-0.2, -0.15) is 0 Å². The zero-order valence-corrected chi connectivity index (χ0v) is 6.65. The minimum absolute atomic E-state index is 0.301. The molecule has 0 radical (unpaired) electrons. The number of aliphatic hydroxyl groups is 1. The normalized spacial score (nSPS) is 12.8. The van der Waals surface area contributed by atoms with Crippen LogP contribution in [0.2, 0.25) is 0 Å². The molecular weight excluding hydrogens is 160 g/mol. The van der Waals surface area contributed by atoms with Crippen molar-refractivity contribution in [3.05, 3.63) is 23.7 Å². The van der Waals surface area contributed by atoms with Crippen LogP contribution in [0.5, 0.6) is 0 Å². The van der Waals surface area contributed by atoms with E-state index in [9.17, 15) is 9.90 Å². The third kappa shape index (κ3) is 2.10. The molecule has 1 unspecified atom stereocenters. The second-order valence-corrected chi connectivity index (χ2v) is 2.56. The summed E-state index contributed by atoms with van der Waals surface area (Å²) in [5, 5.41) is 17.6. The second-order valence-electron chi connectivity index (χ2n) is 2.56. The molecular formula is C8H10O4. The molecule has 1 aromatic heterocycles. The summed E-state index contributed by atoms with van der Waals surface area (Å²) in [6.07, 6.45) is -1.37. The summed E-state index contributed by atoms with van der Waals surface area (Å²) in [4.78, 5) is 10.2. The Hall–Kier alpha value is -1.29. The Morgan fingerprint density at radius 1 is 1.67 bits per heavy atom. The van der Waals surface area contributed by atoms with E-state index in [1.54, 1.807) is 19.1 Å². The number of aliphatic hydroxyl groups excluding tert-OH is 1. The van der Waals surface area contributed by atoms with Crippen molar-refractivity contribution >= 4 is 5.97 Å². The van der Waals surface area contributed by atoms with Crippen LogP contribution in [0.25, 0.3) is 0 Å². The fourth-order valence-electron chi connectivity index (χ4n) is 0.899. The van der Waals surface area contributed by atoms with Crippen molar-refractivity contribution in [1.29, 1.82) is 0 Å². The molecule has 1 heterocycles. The van der Waals surface area contributed by atoms with Crippen LogP contribution in [-0.2, 0) is 4.79 Å². The highest BCUT2D eigenvalue weighted by molar-refractivity contribution is 5.67. The van der Waals surface area contributed by atoms with E-state index in [0.717, 1.165) is 0 Å². The van der Waals surface area contributed by atoms with Gasteiger partial charge >= 0.3 is 5.97 Å². The predicted octanol–water partition coefficient (Wildman–Crippen LogP) is 1.10. The van der Waals surface area contributed by atoms with Crippen LogP contribution in [0.3, 0.4) is 0 Å². The SMILES string of the molecule is Cc1ccc(C(O)CC(=O)O)o1. The van der Waals surface area contributed by atoms with E-state index in [2.05, 4.69) is 0 Å². The zero-order chi connectivity index (χ0) is 9.14. The molecule has 0 aliphatic heterocycles. The van der Waals surface area contributed by atoms with Crippen molar-refractivity contribution < 1.29 is 19.4 Å². The van der Waals surface area contributed by atoms with Crippen molar-refractivity contribution in [3.8, 4) is 0 Å². The summed E-state index contributed by atoms with van der Waals surface area (Å²) in [5.41, 5.74) is 0. The summed E-state index contributed by atoms with van der Waals surface area (Å²) < 4.78 is 5.03. The highest BCUT2D eigenvalue weighted by Gasteiger charge is 2.14. The lowest BCUT2D eigenvalue weighted by molar-refractivity contribution is -0.139. The maximum absolute atomic E-state index is 10.2. The minimum atomic E-state index is -1.05. The fourth-order valence-corrected chi connectivity index (χ4v) is 0.899. The van der Waals surface area contributed by atoms with Crippen LogP contribution >= 0.6 is 0 Å². The van der Waals surface area contributed by atoms with E-state index in [-0.39, 0.29) is 6.42 Å². The molecule has 0 fully saturated rings. The van der Waals surface area contributed by atoms with Crippen LogP contribution in [0.4, 0.5) is 0 Å². The van der Waals surface area contributed by atoms with Crippen LogP contribution < -0.4 is 0 Å². The van der Waals surface area contributed by atoms with Gasteiger partial charge in [0.2, 0.25) is 0 Å². The molecule has 0 aliphatic rings. The van der Waals surface area contributed by atoms with Gasteiger partial charge < -0.3 is 14.6 Å². The third-order valence-corrected chi connectivity index (χ3v) is 1.46. The smallest absolute Gasteiger partial charge is 0.306 e. The van der Waals surface area contributed by atoms with Gasteiger partial charge in [-0.25, -0.2) is 0 Å². The van der Waals surface area contributed by atoms with Gasteiger partial charge in [-0.15, -0.1) is 0 Å². The molecule has 1 atom stereocenters. The average molecular weight is 170 g/mol. The van der Waals surface area contributed by atoms with Crippen LogP contribution in [0.1, 0.15) is 24.0 Å². The number of carboxylic acids is 1. The number of aryl methyl sites for hydroxylation is 1. The molecule has 0 aromatic carbocycles. The predicted molar refractivity (Wildman–Crippen MR) is 40.7 cm³/mol. The Morgan fingerprint density at radius 2 is 2.33 bits per heavy atom. The first-order valence-electron chi connectivity index (χ1n) is 3.56. The Bertz CT molecular complexity index is 276. The Morgan fingerprint density at radius 3 is 2.75 bits per heavy atom. The molecule has 1 aromatic rings. The summed E-state index contributed by atoms with van der Waals surface area (Å²) >= 11 is 0. The summed E-state index contributed by atoms with van der Waals surface area (Å²) in [5.74, 6) is -0.0825. The average Bonchev–Trinajstić information content (AvgIpc) is 2.34. The van der Waals surface area contributed by atoms with Gasteiger partial charge in [0.15, 0.2) is 0 Å². The number of hydrogen-bond acceptors (Lipinski definition) is 3. The van der Waals surface area contributed by atoms with E-state index < -0.39 is 12.1 Å². The van der Waals surface area contributed by atoms with Crippen LogP contribution in [0, 0.1) is 6.92 Å². The first-order valence-corrected chi connectivity index (χ1v) is 3.56. The lowest BCUT2D eigenvalue weighted by Crippen LogP contribution is -2.04. The van der Waals surface area contributed by atoms with Gasteiger partial charge in [0.1, 0.15) is 17.6 Å².